The van der Waals surface area contributed by atoms with E-state index in [0.29, 0.717) is 39.4 Å². The van der Waals surface area contributed by atoms with Crippen LogP contribution < -0.4 is 14.8 Å². The third-order valence-corrected chi connectivity index (χ3v) is 8.09. The van der Waals surface area contributed by atoms with E-state index in [1.54, 1.807) is 13.2 Å². The Balaban J connectivity index is 1.46. The first kappa shape index (κ1) is 29.9. The molecule has 0 aliphatic carbocycles. The second-order valence-electron chi connectivity index (χ2n) is 8.91. The number of hydrogen-bond acceptors (Lipinski definition) is 9. The van der Waals surface area contributed by atoms with Gasteiger partial charge in [-0.25, -0.2) is 4.79 Å². The number of benzene rings is 2. The molecule has 2 aromatic heterocycles. The Morgan fingerprint density at radius 2 is 1.80 bits per heavy atom. The standard InChI is InChI=1S/C30H32N4O5S2/c1-6-16-34-27(19(3)39-23-12-8-20(7-2)9-13-23)32-33-30(34)41-18-25(35)31-28-26(29(36)38-5)24(17-40-28)21-10-14-22(37-4)15-11-21/h6,8-15,17,19H,1,7,16,18H2,2-5H3,(H,31,35). The second kappa shape index (κ2) is 14.0. The molecule has 0 saturated heterocycles. The lowest BCUT2D eigenvalue weighted by molar-refractivity contribution is -0.113. The summed E-state index contributed by atoms with van der Waals surface area (Å²) in [4.78, 5) is 25.7. The van der Waals surface area contributed by atoms with Crippen molar-refractivity contribution in [1.29, 1.82) is 0 Å². The highest BCUT2D eigenvalue weighted by Gasteiger charge is 2.24. The van der Waals surface area contributed by atoms with E-state index in [9.17, 15) is 9.59 Å². The topological polar surface area (TPSA) is 105 Å². The van der Waals surface area contributed by atoms with Gasteiger partial charge in [0.25, 0.3) is 0 Å². The SMILES string of the molecule is C=CCn1c(SCC(=O)Nc2scc(-c3ccc(OC)cc3)c2C(=O)OC)nnc1C(C)Oc1ccc(CC)cc1. The quantitative estimate of drug-likeness (QED) is 0.108. The number of hydrogen-bond donors (Lipinski definition) is 1. The van der Waals surface area contributed by atoms with Crippen LogP contribution in [0, 0.1) is 0 Å². The lowest BCUT2D eigenvalue weighted by atomic mass is 10.0. The molecule has 0 spiro atoms. The van der Waals surface area contributed by atoms with Crippen LogP contribution in [0.5, 0.6) is 11.5 Å². The molecule has 2 heterocycles. The van der Waals surface area contributed by atoms with Crippen molar-refractivity contribution in [2.45, 2.75) is 38.1 Å². The Bertz CT molecular complexity index is 1500. The van der Waals surface area contributed by atoms with E-state index in [-0.39, 0.29) is 17.8 Å². The molecule has 1 atom stereocenters. The van der Waals surface area contributed by atoms with E-state index in [4.69, 9.17) is 14.2 Å². The Labute approximate surface area is 247 Å². The fraction of sp³-hybridized carbons (Fsp3) is 0.267. The van der Waals surface area contributed by atoms with Crippen molar-refractivity contribution >= 4 is 40.0 Å². The van der Waals surface area contributed by atoms with Crippen molar-refractivity contribution in [1.82, 2.24) is 14.8 Å². The van der Waals surface area contributed by atoms with Crippen LogP contribution in [0.2, 0.25) is 0 Å². The first-order valence-electron chi connectivity index (χ1n) is 12.9. The molecule has 0 bridgehead atoms. The molecule has 214 valence electrons. The Kier molecular flexibility index (Phi) is 10.2. The van der Waals surface area contributed by atoms with Crippen molar-refractivity contribution in [2.75, 3.05) is 25.3 Å². The minimum Gasteiger partial charge on any atom is -0.497 e. The summed E-state index contributed by atoms with van der Waals surface area (Å²) < 4.78 is 18.2. The Hall–Kier alpha value is -4.09. The van der Waals surface area contributed by atoms with Gasteiger partial charge in [0.2, 0.25) is 5.91 Å². The molecule has 0 aliphatic rings. The van der Waals surface area contributed by atoms with Gasteiger partial charge < -0.3 is 19.5 Å². The number of thioether (sulfide) groups is 1. The average Bonchev–Trinajstić information content (AvgIpc) is 3.60. The van der Waals surface area contributed by atoms with Gasteiger partial charge in [-0.3, -0.25) is 9.36 Å². The highest BCUT2D eigenvalue weighted by atomic mass is 32.2. The molecule has 0 aliphatic heterocycles. The van der Waals surface area contributed by atoms with Gasteiger partial charge in [-0.15, -0.1) is 28.1 Å². The molecule has 41 heavy (non-hydrogen) atoms. The van der Waals surface area contributed by atoms with Crippen LogP contribution in [0.4, 0.5) is 5.00 Å². The number of esters is 1. The number of carbonyl (C=O) groups excluding carboxylic acids is 2. The molecule has 11 heteroatoms. The van der Waals surface area contributed by atoms with Gasteiger partial charge in [0.15, 0.2) is 17.1 Å². The maximum Gasteiger partial charge on any atom is 0.341 e. The predicted molar refractivity (Wildman–Crippen MR) is 162 cm³/mol. The number of aryl methyl sites for hydroxylation is 1. The molecule has 1 amide bonds. The first-order chi connectivity index (χ1) is 19.9. The molecule has 9 nitrogen and oxygen atoms in total. The number of rotatable bonds is 13. The molecular weight excluding hydrogens is 560 g/mol. The van der Waals surface area contributed by atoms with Crippen molar-refractivity contribution in [3.8, 4) is 22.6 Å². The zero-order chi connectivity index (χ0) is 29.4. The summed E-state index contributed by atoms with van der Waals surface area (Å²) >= 11 is 2.50. The normalized spacial score (nSPS) is 11.5. The number of thiophene rings is 1. The van der Waals surface area contributed by atoms with E-state index in [2.05, 4.69) is 29.0 Å². The Morgan fingerprint density at radius 1 is 1.10 bits per heavy atom. The lowest BCUT2D eigenvalue weighted by Crippen LogP contribution is -2.17. The fourth-order valence-electron chi connectivity index (χ4n) is 4.10. The van der Waals surface area contributed by atoms with Gasteiger partial charge in [0.05, 0.1) is 20.0 Å². The van der Waals surface area contributed by atoms with Gasteiger partial charge in [0, 0.05) is 17.5 Å². The van der Waals surface area contributed by atoms with Gasteiger partial charge in [-0.2, -0.15) is 0 Å². The van der Waals surface area contributed by atoms with Crippen LogP contribution in [0.1, 0.15) is 41.7 Å². The number of aromatic nitrogens is 3. The van der Waals surface area contributed by atoms with E-state index in [0.717, 1.165) is 17.7 Å². The number of methoxy groups -OCH3 is 2. The summed E-state index contributed by atoms with van der Waals surface area (Å²) in [7, 11) is 2.90. The van der Waals surface area contributed by atoms with Gasteiger partial charge in [0.1, 0.15) is 22.1 Å². The third-order valence-electron chi connectivity index (χ3n) is 6.23. The van der Waals surface area contributed by atoms with Crippen LogP contribution in [-0.2, 0) is 22.5 Å². The molecular formula is C30H32N4O5S2. The minimum atomic E-state index is -0.534. The van der Waals surface area contributed by atoms with Crippen LogP contribution in [-0.4, -0.2) is 46.6 Å². The summed E-state index contributed by atoms with van der Waals surface area (Å²) in [5.74, 6) is 1.30. The number of allylic oxidation sites excluding steroid dienone is 1. The maximum absolute atomic E-state index is 13.0. The summed E-state index contributed by atoms with van der Waals surface area (Å²) in [6.07, 6.45) is 2.33. The number of carbonyl (C=O) groups is 2. The molecule has 0 radical (unpaired) electrons. The van der Waals surface area contributed by atoms with Crippen molar-refractivity contribution in [3.63, 3.8) is 0 Å². The fourth-order valence-corrected chi connectivity index (χ4v) is 5.83. The highest BCUT2D eigenvalue weighted by molar-refractivity contribution is 7.99. The molecule has 2 aromatic carbocycles. The highest BCUT2D eigenvalue weighted by Crippen LogP contribution is 2.37. The monoisotopic (exact) mass is 592 g/mol. The summed E-state index contributed by atoms with van der Waals surface area (Å²) in [6.45, 7) is 8.32. The predicted octanol–water partition coefficient (Wildman–Crippen LogP) is 6.42. The van der Waals surface area contributed by atoms with E-state index in [1.807, 2.05) is 65.4 Å². The van der Waals surface area contributed by atoms with Crippen molar-refractivity contribution in [2.24, 2.45) is 0 Å². The lowest BCUT2D eigenvalue weighted by Gasteiger charge is -2.16. The summed E-state index contributed by atoms with van der Waals surface area (Å²) in [5, 5.41) is 14.3. The van der Waals surface area contributed by atoms with Crippen molar-refractivity contribution in [3.05, 3.63) is 83.5 Å². The summed E-state index contributed by atoms with van der Waals surface area (Å²) in [6, 6.07) is 15.3. The zero-order valence-electron chi connectivity index (χ0n) is 23.4. The Morgan fingerprint density at radius 3 is 2.44 bits per heavy atom. The largest absolute Gasteiger partial charge is 0.497 e. The molecule has 4 rings (SSSR count). The van der Waals surface area contributed by atoms with Crippen LogP contribution in [0.15, 0.2) is 71.7 Å². The van der Waals surface area contributed by atoms with E-state index in [1.165, 1.54) is 35.8 Å². The average molecular weight is 593 g/mol. The maximum atomic E-state index is 13.0. The first-order valence-corrected chi connectivity index (χ1v) is 14.8. The zero-order valence-corrected chi connectivity index (χ0v) is 25.0. The van der Waals surface area contributed by atoms with E-state index >= 15 is 0 Å². The van der Waals surface area contributed by atoms with Crippen LogP contribution >= 0.6 is 23.1 Å². The van der Waals surface area contributed by atoms with Gasteiger partial charge in [-0.1, -0.05) is 49.0 Å². The van der Waals surface area contributed by atoms with Crippen LogP contribution in [0.25, 0.3) is 11.1 Å². The number of ether oxygens (including phenoxy) is 3. The van der Waals surface area contributed by atoms with Crippen LogP contribution in [0.3, 0.4) is 0 Å². The van der Waals surface area contributed by atoms with E-state index < -0.39 is 5.97 Å². The van der Waals surface area contributed by atoms with Gasteiger partial charge in [-0.05, 0) is 48.7 Å². The minimum absolute atomic E-state index is 0.0549. The molecule has 0 saturated carbocycles. The molecule has 4 aromatic rings. The number of anilines is 1. The number of nitrogens with one attached hydrogen (secondary N) is 1. The number of amides is 1. The second-order valence-corrected chi connectivity index (χ2v) is 10.7. The third kappa shape index (κ3) is 7.17. The molecule has 1 N–H and O–H groups in total. The van der Waals surface area contributed by atoms with Crippen molar-refractivity contribution < 1.29 is 23.8 Å². The summed E-state index contributed by atoms with van der Waals surface area (Å²) in [5.41, 5.74) is 3.01. The number of nitrogens with zero attached hydrogens (tertiary/aromatic N) is 3. The molecule has 0 fully saturated rings. The smallest absolute Gasteiger partial charge is 0.341 e. The van der Waals surface area contributed by atoms with Gasteiger partial charge >= 0.3 is 5.97 Å². The molecule has 1 unspecified atom stereocenters.